The Labute approximate surface area is 114 Å². The molecule has 1 aliphatic rings. The van der Waals surface area contributed by atoms with E-state index in [0.29, 0.717) is 18.0 Å². The predicted octanol–water partition coefficient (Wildman–Crippen LogP) is 2.23. The minimum atomic E-state index is -3.47. The topological polar surface area (TPSA) is 61.2 Å². The van der Waals surface area contributed by atoms with Crippen molar-refractivity contribution in [1.29, 1.82) is 5.26 Å². The monoisotopic (exact) mass is 278 g/mol. The van der Waals surface area contributed by atoms with Crippen LogP contribution in [0, 0.1) is 31.1 Å². The lowest BCUT2D eigenvalue weighted by Crippen LogP contribution is -2.39. The molecule has 1 aromatic carbocycles. The predicted molar refractivity (Wildman–Crippen MR) is 73.0 cm³/mol. The quantitative estimate of drug-likeness (QED) is 0.833. The molecular formula is C14H18N2O2S. The second kappa shape index (κ2) is 5.32. The Bertz CT molecular complexity index is 617. The molecule has 0 spiro atoms. The van der Waals surface area contributed by atoms with Crippen molar-refractivity contribution in [2.75, 3.05) is 13.1 Å². The van der Waals surface area contributed by atoms with Gasteiger partial charge in [-0.3, -0.25) is 0 Å². The van der Waals surface area contributed by atoms with E-state index in [2.05, 4.69) is 6.07 Å². The fourth-order valence-corrected chi connectivity index (χ4v) is 4.22. The van der Waals surface area contributed by atoms with Gasteiger partial charge in [-0.05, 0) is 38.3 Å². The minimum absolute atomic E-state index is 0.186. The average Bonchev–Trinajstić information content (AvgIpc) is 2.38. The van der Waals surface area contributed by atoms with Gasteiger partial charge in [-0.2, -0.15) is 9.57 Å². The Morgan fingerprint density at radius 1 is 1.37 bits per heavy atom. The summed E-state index contributed by atoms with van der Waals surface area (Å²) in [5, 5.41) is 8.96. The Morgan fingerprint density at radius 2 is 2.11 bits per heavy atom. The van der Waals surface area contributed by atoms with E-state index in [-0.39, 0.29) is 5.92 Å². The van der Waals surface area contributed by atoms with E-state index in [9.17, 15) is 8.42 Å². The summed E-state index contributed by atoms with van der Waals surface area (Å²) in [5.41, 5.74) is 1.81. The molecular weight excluding hydrogens is 260 g/mol. The van der Waals surface area contributed by atoms with E-state index in [1.165, 1.54) is 4.31 Å². The molecule has 0 bridgehead atoms. The highest BCUT2D eigenvalue weighted by Crippen LogP contribution is 2.25. The molecule has 1 unspecified atom stereocenters. The van der Waals surface area contributed by atoms with Crippen molar-refractivity contribution in [1.82, 2.24) is 4.31 Å². The highest BCUT2D eigenvalue weighted by molar-refractivity contribution is 7.89. The molecule has 0 radical (unpaired) electrons. The molecule has 1 aromatic rings. The lowest BCUT2D eigenvalue weighted by Gasteiger charge is -2.29. The van der Waals surface area contributed by atoms with Gasteiger partial charge >= 0.3 is 0 Å². The highest BCUT2D eigenvalue weighted by atomic mass is 32.2. The van der Waals surface area contributed by atoms with E-state index >= 15 is 0 Å². The van der Waals surface area contributed by atoms with Crippen molar-refractivity contribution in [3.8, 4) is 6.07 Å². The van der Waals surface area contributed by atoms with Gasteiger partial charge in [0.25, 0.3) is 0 Å². The van der Waals surface area contributed by atoms with Crippen molar-refractivity contribution in [3.05, 3.63) is 29.3 Å². The van der Waals surface area contributed by atoms with Gasteiger partial charge in [-0.1, -0.05) is 17.7 Å². The van der Waals surface area contributed by atoms with Crippen molar-refractivity contribution >= 4 is 10.0 Å². The van der Waals surface area contributed by atoms with Gasteiger partial charge in [0.15, 0.2) is 0 Å². The number of piperidine rings is 1. The molecule has 0 saturated carbocycles. The van der Waals surface area contributed by atoms with Gasteiger partial charge in [0.05, 0.1) is 16.9 Å². The molecule has 2 rings (SSSR count). The Morgan fingerprint density at radius 3 is 2.74 bits per heavy atom. The first kappa shape index (κ1) is 14.0. The van der Waals surface area contributed by atoms with Crippen molar-refractivity contribution in [3.63, 3.8) is 0 Å². The first-order chi connectivity index (χ1) is 8.95. The number of benzene rings is 1. The van der Waals surface area contributed by atoms with E-state index in [1.807, 2.05) is 26.0 Å². The molecule has 4 nitrogen and oxygen atoms in total. The first-order valence-electron chi connectivity index (χ1n) is 6.42. The van der Waals surface area contributed by atoms with Crippen LogP contribution in [-0.4, -0.2) is 25.8 Å². The van der Waals surface area contributed by atoms with Crippen LogP contribution >= 0.6 is 0 Å². The zero-order valence-electron chi connectivity index (χ0n) is 11.3. The van der Waals surface area contributed by atoms with E-state index in [1.54, 1.807) is 6.07 Å². The van der Waals surface area contributed by atoms with Crippen LogP contribution in [0.2, 0.25) is 0 Å². The summed E-state index contributed by atoms with van der Waals surface area (Å²) in [7, 11) is -3.47. The molecule has 0 N–H and O–H groups in total. The normalized spacial score (nSPS) is 21.0. The summed E-state index contributed by atoms with van der Waals surface area (Å²) in [5.74, 6) is -0.186. The number of hydrogen-bond acceptors (Lipinski definition) is 3. The van der Waals surface area contributed by atoms with E-state index in [4.69, 9.17) is 5.26 Å². The number of rotatable bonds is 2. The molecule has 1 atom stereocenters. The number of nitriles is 1. The largest absolute Gasteiger partial charge is 0.243 e. The van der Waals surface area contributed by atoms with Gasteiger partial charge in [0.2, 0.25) is 10.0 Å². The van der Waals surface area contributed by atoms with Crippen LogP contribution in [-0.2, 0) is 10.0 Å². The molecule has 0 aromatic heterocycles. The third-order valence-corrected chi connectivity index (χ3v) is 5.54. The van der Waals surface area contributed by atoms with Crippen molar-refractivity contribution < 1.29 is 8.42 Å². The summed E-state index contributed by atoms with van der Waals surface area (Å²) in [6.45, 7) is 4.57. The molecule has 5 heteroatoms. The Balaban J connectivity index is 2.34. The van der Waals surface area contributed by atoms with Crippen LogP contribution < -0.4 is 0 Å². The lowest BCUT2D eigenvalue weighted by molar-refractivity contribution is 0.305. The van der Waals surface area contributed by atoms with Crippen LogP contribution in [0.4, 0.5) is 0 Å². The zero-order valence-corrected chi connectivity index (χ0v) is 12.1. The fourth-order valence-electron chi connectivity index (χ4n) is 2.49. The highest BCUT2D eigenvalue weighted by Gasteiger charge is 2.31. The van der Waals surface area contributed by atoms with Gasteiger partial charge in [-0.15, -0.1) is 0 Å². The third-order valence-electron chi connectivity index (χ3n) is 3.51. The summed E-state index contributed by atoms with van der Waals surface area (Å²) in [6, 6.07) is 7.52. The molecule has 1 aliphatic heterocycles. The summed E-state index contributed by atoms with van der Waals surface area (Å²) < 4.78 is 26.6. The van der Waals surface area contributed by atoms with Crippen LogP contribution in [0.25, 0.3) is 0 Å². The fraction of sp³-hybridized carbons (Fsp3) is 0.500. The van der Waals surface area contributed by atoms with E-state index in [0.717, 1.165) is 24.0 Å². The number of aryl methyl sites for hydroxylation is 2. The number of nitrogens with zero attached hydrogens (tertiary/aromatic N) is 2. The smallest absolute Gasteiger partial charge is 0.207 e. The molecule has 0 aliphatic carbocycles. The van der Waals surface area contributed by atoms with Crippen LogP contribution in [0.15, 0.2) is 23.1 Å². The molecule has 0 amide bonds. The first-order valence-corrected chi connectivity index (χ1v) is 7.86. The van der Waals surface area contributed by atoms with E-state index < -0.39 is 10.0 Å². The minimum Gasteiger partial charge on any atom is -0.207 e. The zero-order chi connectivity index (χ0) is 14.0. The third kappa shape index (κ3) is 2.80. The SMILES string of the molecule is Cc1ccc(S(=O)(=O)N2CCCC(C#N)C2)c(C)c1. The molecule has 19 heavy (non-hydrogen) atoms. The lowest BCUT2D eigenvalue weighted by atomic mass is 10.0. The van der Waals surface area contributed by atoms with Crippen molar-refractivity contribution in [2.45, 2.75) is 31.6 Å². The summed E-state index contributed by atoms with van der Waals surface area (Å²) >= 11 is 0. The molecule has 1 heterocycles. The maximum absolute atomic E-state index is 12.6. The van der Waals surface area contributed by atoms with Gasteiger partial charge in [-0.25, -0.2) is 8.42 Å². The Hall–Kier alpha value is -1.38. The van der Waals surface area contributed by atoms with Crippen LogP contribution in [0.5, 0.6) is 0 Å². The van der Waals surface area contributed by atoms with Gasteiger partial charge < -0.3 is 0 Å². The van der Waals surface area contributed by atoms with Crippen molar-refractivity contribution in [2.24, 2.45) is 5.92 Å². The van der Waals surface area contributed by atoms with Crippen LogP contribution in [0.3, 0.4) is 0 Å². The second-order valence-electron chi connectivity index (χ2n) is 5.10. The van der Waals surface area contributed by atoms with Gasteiger partial charge in [0.1, 0.15) is 0 Å². The maximum atomic E-state index is 12.6. The molecule has 1 saturated heterocycles. The van der Waals surface area contributed by atoms with Crippen LogP contribution in [0.1, 0.15) is 24.0 Å². The molecule has 102 valence electrons. The second-order valence-corrected chi connectivity index (χ2v) is 7.01. The maximum Gasteiger partial charge on any atom is 0.243 e. The summed E-state index contributed by atoms with van der Waals surface area (Å²) in [4.78, 5) is 0.358. The molecule has 1 fully saturated rings. The number of sulfonamides is 1. The number of hydrogen-bond donors (Lipinski definition) is 0. The van der Waals surface area contributed by atoms with Gasteiger partial charge in [0, 0.05) is 13.1 Å². The Kier molecular flexibility index (Phi) is 3.93. The summed E-state index contributed by atoms with van der Waals surface area (Å²) in [6.07, 6.45) is 1.54. The average molecular weight is 278 g/mol. The standard InChI is InChI=1S/C14H18N2O2S/c1-11-5-6-14(12(2)8-11)19(17,18)16-7-3-4-13(9-15)10-16/h5-6,8,13H,3-4,7,10H2,1-2H3.